The smallest absolute Gasteiger partial charge is 0.225 e. The van der Waals surface area contributed by atoms with E-state index in [1.807, 2.05) is 37.3 Å². The standard InChI is InChI=1S/C21H19N5O/c1-14-19(17-6-2-3-7-18(17)25-14)20(27)16(11-22)10-15-12-23-21(24-13-15)26-8-4-5-9-26/h2-3,6-7,10,12-13,25H,4-5,8-9H2,1H3/b16-10-. The van der Waals surface area contributed by atoms with Crippen molar-refractivity contribution in [3.05, 3.63) is 59.1 Å². The average molecular weight is 357 g/mol. The number of para-hydroxylation sites is 1. The van der Waals surface area contributed by atoms with E-state index < -0.39 is 0 Å². The second-order valence-electron chi connectivity index (χ2n) is 6.68. The minimum absolute atomic E-state index is 0.0698. The van der Waals surface area contributed by atoms with Crippen LogP contribution in [0.1, 0.15) is 34.5 Å². The highest BCUT2D eigenvalue weighted by Gasteiger charge is 2.20. The summed E-state index contributed by atoms with van der Waals surface area (Å²) in [5.74, 6) is 0.401. The lowest BCUT2D eigenvalue weighted by Crippen LogP contribution is -2.20. The number of fused-ring (bicyclic) bond motifs is 1. The van der Waals surface area contributed by atoms with Gasteiger partial charge in [-0.15, -0.1) is 0 Å². The third-order valence-corrected chi connectivity index (χ3v) is 4.84. The van der Waals surface area contributed by atoms with Gasteiger partial charge < -0.3 is 9.88 Å². The summed E-state index contributed by atoms with van der Waals surface area (Å²) in [4.78, 5) is 27.1. The number of hydrogen-bond acceptors (Lipinski definition) is 5. The van der Waals surface area contributed by atoms with Gasteiger partial charge in [-0.25, -0.2) is 9.97 Å². The molecule has 134 valence electrons. The van der Waals surface area contributed by atoms with E-state index in [9.17, 15) is 10.1 Å². The minimum Gasteiger partial charge on any atom is -0.358 e. The SMILES string of the molecule is Cc1[nH]c2ccccc2c1C(=O)/C(C#N)=C\c1cnc(N2CCCC2)nc1. The van der Waals surface area contributed by atoms with Crippen molar-refractivity contribution in [1.82, 2.24) is 15.0 Å². The van der Waals surface area contributed by atoms with Gasteiger partial charge in [-0.2, -0.15) is 5.26 Å². The van der Waals surface area contributed by atoms with Crippen molar-refractivity contribution in [2.45, 2.75) is 19.8 Å². The zero-order chi connectivity index (χ0) is 18.8. The van der Waals surface area contributed by atoms with Crippen LogP contribution >= 0.6 is 0 Å². The maximum Gasteiger partial charge on any atom is 0.225 e. The number of aromatic nitrogens is 3. The number of aryl methyl sites for hydroxylation is 1. The van der Waals surface area contributed by atoms with Crippen molar-refractivity contribution in [2.24, 2.45) is 0 Å². The Bertz CT molecular complexity index is 1070. The van der Waals surface area contributed by atoms with Gasteiger partial charge in [-0.3, -0.25) is 4.79 Å². The first-order chi connectivity index (χ1) is 13.2. The van der Waals surface area contributed by atoms with E-state index in [-0.39, 0.29) is 11.4 Å². The number of H-pyrrole nitrogens is 1. The number of Topliss-reactive ketones (excluding diaryl/α,β-unsaturated/α-hetero) is 1. The van der Waals surface area contributed by atoms with Crippen LogP contribution in [0, 0.1) is 18.3 Å². The second-order valence-corrected chi connectivity index (χ2v) is 6.68. The zero-order valence-electron chi connectivity index (χ0n) is 15.1. The van der Waals surface area contributed by atoms with E-state index in [1.54, 1.807) is 18.5 Å². The van der Waals surface area contributed by atoms with E-state index in [4.69, 9.17) is 0 Å². The molecule has 3 heterocycles. The third-order valence-electron chi connectivity index (χ3n) is 4.84. The van der Waals surface area contributed by atoms with Crippen LogP contribution in [-0.4, -0.2) is 33.8 Å². The maximum atomic E-state index is 13.0. The number of anilines is 1. The lowest BCUT2D eigenvalue weighted by Gasteiger charge is -2.14. The fourth-order valence-corrected chi connectivity index (χ4v) is 3.51. The van der Waals surface area contributed by atoms with Crippen molar-refractivity contribution in [1.29, 1.82) is 5.26 Å². The van der Waals surface area contributed by atoms with Crippen molar-refractivity contribution in [3.8, 4) is 6.07 Å². The van der Waals surface area contributed by atoms with E-state index >= 15 is 0 Å². The molecule has 6 nitrogen and oxygen atoms in total. The Morgan fingerprint density at radius 3 is 2.63 bits per heavy atom. The quantitative estimate of drug-likeness (QED) is 0.437. The number of ketones is 1. The molecule has 0 bridgehead atoms. The first-order valence-electron chi connectivity index (χ1n) is 8.98. The predicted octanol–water partition coefficient (Wildman–Crippen LogP) is 3.66. The van der Waals surface area contributed by atoms with Gasteiger partial charge in [0.2, 0.25) is 11.7 Å². The first-order valence-corrected chi connectivity index (χ1v) is 8.98. The summed E-state index contributed by atoms with van der Waals surface area (Å²) >= 11 is 0. The van der Waals surface area contributed by atoms with Gasteiger partial charge in [-0.1, -0.05) is 18.2 Å². The van der Waals surface area contributed by atoms with E-state index in [1.165, 1.54) is 0 Å². The highest BCUT2D eigenvalue weighted by Crippen LogP contribution is 2.25. The van der Waals surface area contributed by atoms with Gasteiger partial charge in [0.05, 0.1) is 5.56 Å². The summed E-state index contributed by atoms with van der Waals surface area (Å²) in [6.07, 6.45) is 7.18. The molecule has 0 aliphatic carbocycles. The molecular weight excluding hydrogens is 338 g/mol. The number of carbonyl (C=O) groups is 1. The Morgan fingerprint density at radius 2 is 1.93 bits per heavy atom. The van der Waals surface area contributed by atoms with E-state index in [2.05, 4.69) is 19.9 Å². The van der Waals surface area contributed by atoms with E-state index in [0.29, 0.717) is 17.1 Å². The number of allylic oxidation sites excluding steroid dienone is 1. The van der Waals surface area contributed by atoms with Gasteiger partial charge in [0, 0.05) is 47.6 Å². The molecule has 1 N–H and O–H groups in total. The van der Waals surface area contributed by atoms with Crippen LogP contribution in [0.2, 0.25) is 0 Å². The number of nitrogens with zero attached hydrogens (tertiary/aromatic N) is 4. The summed E-state index contributed by atoms with van der Waals surface area (Å²) < 4.78 is 0. The van der Waals surface area contributed by atoms with Gasteiger partial charge >= 0.3 is 0 Å². The number of hydrogen-bond donors (Lipinski definition) is 1. The van der Waals surface area contributed by atoms with Crippen molar-refractivity contribution >= 4 is 28.7 Å². The molecule has 1 aromatic carbocycles. The van der Waals surface area contributed by atoms with Crippen LogP contribution in [0.3, 0.4) is 0 Å². The van der Waals surface area contributed by atoms with Crippen LogP contribution in [0.15, 0.2) is 42.2 Å². The Labute approximate surface area is 157 Å². The fourth-order valence-electron chi connectivity index (χ4n) is 3.51. The molecule has 1 aliphatic heterocycles. The molecular formula is C21H19N5O. The van der Waals surface area contributed by atoms with Crippen molar-refractivity contribution < 1.29 is 4.79 Å². The van der Waals surface area contributed by atoms with Crippen molar-refractivity contribution in [2.75, 3.05) is 18.0 Å². The first kappa shape index (κ1) is 17.0. The second kappa shape index (κ2) is 7.04. The number of aromatic amines is 1. The molecule has 1 saturated heterocycles. The Hall–Kier alpha value is -3.46. The molecule has 0 spiro atoms. The number of carbonyl (C=O) groups excluding carboxylic acids is 1. The van der Waals surface area contributed by atoms with Crippen molar-refractivity contribution in [3.63, 3.8) is 0 Å². The molecule has 27 heavy (non-hydrogen) atoms. The number of rotatable bonds is 4. The summed E-state index contributed by atoms with van der Waals surface area (Å²) in [7, 11) is 0. The summed E-state index contributed by atoms with van der Waals surface area (Å²) in [5.41, 5.74) is 2.88. The number of nitriles is 1. The molecule has 2 aromatic heterocycles. The summed E-state index contributed by atoms with van der Waals surface area (Å²) in [6.45, 7) is 3.78. The molecule has 0 saturated carbocycles. The van der Waals surface area contributed by atoms with Crippen LogP contribution in [0.25, 0.3) is 17.0 Å². The summed E-state index contributed by atoms with van der Waals surface area (Å²) in [6, 6.07) is 9.62. The molecule has 4 rings (SSSR count). The topological polar surface area (TPSA) is 85.7 Å². The monoisotopic (exact) mass is 357 g/mol. The molecule has 3 aromatic rings. The number of nitrogens with one attached hydrogen (secondary N) is 1. The predicted molar refractivity (Wildman–Crippen MR) is 104 cm³/mol. The van der Waals surface area contributed by atoms with Gasteiger partial charge in [-0.05, 0) is 31.9 Å². The molecule has 0 amide bonds. The Balaban J connectivity index is 1.65. The molecule has 0 unspecified atom stereocenters. The zero-order valence-corrected chi connectivity index (χ0v) is 15.1. The lowest BCUT2D eigenvalue weighted by atomic mass is 10.00. The van der Waals surface area contributed by atoms with E-state index in [0.717, 1.165) is 42.5 Å². The largest absolute Gasteiger partial charge is 0.358 e. The van der Waals surface area contributed by atoms with Crippen LogP contribution < -0.4 is 4.90 Å². The highest BCUT2D eigenvalue weighted by molar-refractivity contribution is 6.20. The maximum absolute atomic E-state index is 13.0. The summed E-state index contributed by atoms with van der Waals surface area (Å²) in [5, 5.41) is 10.4. The van der Waals surface area contributed by atoms with Gasteiger partial charge in [0.15, 0.2) is 0 Å². The normalized spacial score (nSPS) is 14.5. The third kappa shape index (κ3) is 3.20. The molecule has 0 atom stereocenters. The molecule has 6 heteroatoms. The molecule has 1 fully saturated rings. The molecule has 1 aliphatic rings. The molecule has 0 radical (unpaired) electrons. The fraction of sp³-hybridized carbons (Fsp3) is 0.238. The minimum atomic E-state index is -0.295. The lowest BCUT2D eigenvalue weighted by molar-refractivity contribution is 0.104. The number of benzene rings is 1. The van der Waals surface area contributed by atoms with Crippen LogP contribution in [-0.2, 0) is 0 Å². The highest BCUT2D eigenvalue weighted by atomic mass is 16.1. The van der Waals surface area contributed by atoms with Gasteiger partial charge in [0.1, 0.15) is 11.6 Å². The Morgan fingerprint density at radius 1 is 1.22 bits per heavy atom. The van der Waals surface area contributed by atoms with Crippen LogP contribution in [0.4, 0.5) is 5.95 Å². The Kier molecular flexibility index (Phi) is 4.43. The van der Waals surface area contributed by atoms with Crippen LogP contribution in [0.5, 0.6) is 0 Å². The van der Waals surface area contributed by atoms with Gasteiger partial charge in [0.25, 0.3) is 0 Å². The average Bonchev–Trinajstić information content (AvgIpc) is 3.33.